The Kier molecular flexibility index (Phi) is 3.20. The molecule has 0 spiro atoms. The summed E-state index contributed by atoms with van der Waals surface area (Å²) in [6, 6.07) is 7.70. The molecule has 5 nitrogen and oxygen atoms in total. The van der Waals surface area contributed by atoms with Crippen LogP contribution in [0, 0.1) is 0 Å². The highest BCUT2D eigenvalue weighted by molar-refractivity contribution is 6.31. The van der Waals surface area contributed by atoms with E-state index in [-0.39, 0.29) is 0 Å². The maximum atomic E-state index is 6.16. The predicted molar refractivity (Wildman–Crippen MR) is 79.4 cm³/mol. The van der Waals surface area contributed by atoms with Gasteiger partial charge in [0.15, 0.2) is 0 Å². The summed E-state index contributed by atoms with van der Waals surface area (Å²) in [7, 11) is 1.86. The normalized spacial score (nSPS) is 10.9. The summed E-state index contributed by atoms with van der Waals surface area (Å²) < 4.78 is 3.51. The first kappa shape index (κ1) is 12.7. The van der Waals surface area contributed by atoms with Gasteiger partial charge in [0.25, 0.3) is 0 Å². The number of anilines is 1. The maximum Gasteiger partial charge on any atom is 0.118 e. The van der Waals surface area contributed by atoms with Gasteiger partial charge in [-0.15, -0.1) is 0 Å². The van der Waals surface area contributed by atoms with Crippen molar-refractivity contribution in [1.82, 2.24) is 19.6 Å². The molecule has 102 valence electrons. The average molecular weight is 288 g/mol. The van der Waals surface area contributed by atoms with Crippen molar-refractivity contribution in [3.05, 3.63) is 53.4 Å². The smallest absolute Gasteiger partial charge is 0.118 e. The standard InChI is InChI=1S/C14H14ClN5/c1-19-7-11(6-17-19)14-13(16)9-20(18-14)8-10-4-2-3-5-12(10)15/h2-7,9H,8,16H2,1H3. The summed E-state index contributed by atoms with van der Waals surface area (Å²) in [5, 5.41) is 9.37. The zero-order valence-corrected chi connectivity index (χ0v) is 11.7. The number of rotatable bonds is 3. The Morgan fingerprint density at radius 2 is 2.05 bits per heavy atom. The Morgan fingerprint density at radius 3 is 2.75 bits per heavy atom. The van der Waals surface area contributed by atoms with Crippen LogP contribution in [0.2, 0.25) is 5.02 Å². The van der Waals surface area contributed by atoms with Crippen molar-refractivity contribution in [3.63, 3.8) is 0 Å². The molecule has 0 saturated carbocycles. The molecule has 0 unspecified atom stereocenters. The minimum absolute atomic E-state index is 0.587. The van der Waals surface area contributed by atoms with Gasteiger partial charge < -0.3 is 5.73 Å². The molecule has 3 rings (SSSR count). The van der Waals surface area contributed by atoms with Crippen molar-refractivity contribution in [2.45, 2.75) is 6.54 Å². The third-order valence-corrected chi connectivity index (χ3v) is 3.43. The fraction of sp³-hybridized carbons (Fsp3) is 0.143. The largest absolute Gasteiger partial charge is 0.396 e. The summed E-state index contributed by atoms with van der Waals surface area (Å²) in [4.78, 5) is 0. The molecule has 0 fully saturated rings. The second kappa shape index (κ2) is 5.02. The summed E-state index contributed by atoms with van der Waals surface area (Å²) in [5.74, 6) is 0. The van der Waals surface area contributed by atoms with E-state index in [1.807, 2.05) is 43.7 Å². The van der Waals surface area contributed by atoms with Gasteiger partial charge in [-0.3, -0.25) is 9.36 Å². The molecule has 0 amide bonds. The Hall–Kier alpha value is -2.27. The van der Waals surface area contributed by atoms with Crippen molar-refractivity contribution in [3.8, 4) is 11.3 Å². The summed E-state index contributed by atoms with van der Waals surface area (Å²) in [6.45, 7) is 0.587. The van der Waals surface area contributed by atoms with Crippen molar-refractivity contribution < 1.29 is 0 Å². The Balaban J connectivity index is 1.91. The number of benzene rings is 1. The van der Waals surface area contributed by atoms with Gasteiger partial charge in [-0.05, 0) is 11.6 Å². The molecule has 0 aliphatic rings. The fourth-order valence-corrected chi connectivity index (χ4v) is 2.28. The van der Waals surface area contributed by atoms with E-state index in [4.69, 9.17) is 17.3 Å². The molecule has 1 aromatic carbocycles. The summed E-state index contributed by atoms with van der Waals surface area (Å²) in [5.41, 5.74) is 9.31. The Morgan fingerprint density at radius 1 is 1.25 bits per heavy atom. The Labute approximate surface area is 121 Å². The van der Waals surface area contributed by atoms with E-state index in [1.165, 1.54) is 0 Å². The van der Waals surface area contributed by atoms with Crippen LogP contribution in [0.3, 0.4) is 0 Å². The second-order valence-corrected chi connectivity index (χ2v) is 5.03. The molecule has 0 bridgehead atoms. The van der Waals surface area contributed by atoms with Crippen molar-refractivity contribution in [1.29, 1.82) is 0 Å². The van der Waals surface area contributed by atoms with Crippen LogP contribution in [0.25, 0.3) is 11.3 Å². The van der Waals surface area contributed by atoms with Crippen LogP contribution in [0.15, 0.2) is 42.9 Å². The number of hydrogen-bond donors (Lipinski definition) is 1. The zero-order valence-electron chi connectivity index (χ0n) is 11.0. The fourth-order valence-electron chi connectivity index (χ4n) is 2.09. The highest BCUT2D eigenvalue weighted by atomic mass is 35.5. The molecule has 0 aliphatic heterocycles. The van der Waals surface area contributed by atoms with Crippen LogP contribution in [0.4, 0.5) is 5.69 Å². The SMILES string of the molecule is Cn1cc(-c2nn(Cc3ccccc3Cl)cc2N)cn1. The molecular weight excluding hydrogens is 274 g/mol. The first-order valence-electron chi connectivity index (χ1n) is 6.19. The molecular formula is C14H14ClN5. The number of nitrogen functional groups attached to an aromatic ring is 1. The van der Waals surface area contributed by atoms with E-state index in [0.29, 0.717) is 12.2 Å². The number of nitrogens with two attached hydrogens (primary N) is 1. The van der Waals surface area contributed by atoms with Crippen molar-refractivity contribution in [2.24, 2.45) is 7.05 Å². The van der Waals surface area contributed by atoms with E-state index in [0.717, 1.165) is 21.8 Å². The van der Waals surface area contributed by atoms with E-state index in [1.54, 1.807) is 15.6 Å². The van der Waals surface area contributed by atoms with E-state index < -0.39 is 0 Å². The third-order valence-electron chi connectivity index (χ3n) is 3.06. The highest BCUT2D eigenvalue weighted by Gasteiger charge is 2.11. The van der Waals surface area contributed by atoms with Gasteiger partial charge in [0.2, 0.25) is 0 Å². The second-order valence-electron chi connectivity index (χ2n) is 4.62. The molecule has 0 radical (unpaired) electrons. The molecule has 0 atom stereocenters. The van der Waals surface area contributed by atoms with Crippen LogP contribution < -0.4 is 5.73 Å². The van der Waals surface area contributed by atoms with Crippen molar-refractivity contribution in [2.75, 3.05) is 5.73 Å². The molecule has 2 aromatic heterocycles. The van der Waals surface area contributed by atoms with E-state index >= 15 is 0 Å². The van der Waals surface area contributed by atoms with Crippen LogP contribution >= 0.6 is 11.6 Å². The summed E-state index contributed by atoms with van der Waals surface area (Å²) in [6.07, 6.45) is 5.45. The van der Waals surface area contributed by atoms with Gasteiger partial charge in [-0.1, -0.05) is 29.8 Å². The minimum Gasteiger partial charge on any atom is -0.396 e. The Bertz CT molecular complexity index is 744. The molecule has 20 heavy (non-hydrogen) atoms. The van der Waals surface area contributed by atoms with Crippen LogP contribution in [0.5, 0.6) is 0 Å². The number of halogens is 1. The lowest BCUT2D eigenvalue weighted by molar-refractivity contribution is 0.689. The molecule has 6 heteroatoms. The number of hydrogen-bond acceptors (Lipinski definition) is 3. The topological polar surface area (TPSA) is 61.7 Å². The van der Waals surface area contributed by atoms with Crippen molar-refractivity contribution >= 4 is 17.3 Å². The van der Waals surface area contributed by atoms with Crippen LogP contribution in [0.1, 0.15) is 5.56 Å². The lowest BCUT2D eigenvalue weighted by Gasteiger charge is -2.03. The molecule has 2 N–H and O–H groups in total. The highest BCUT2D eigenvalue weighted by Crippen LogP contribution is 2.24. The minimum atomic E-state index is 0.587. The average Bonchev–Trinajstić information content (AvgIpc) is 2.98. The van der Waals surface area contributed by atoms with E-state index in [2.05, 4.69) is 10.2 Å². The first-order valence-corrected chi connectivity index (χ1v) is 6.56. The van der Waals surface area contributed by atoms with Gasteiger partial charge >= 0.3 is 0 Å². The number of nitrogens with zero attached hydrogens (tertiary/aromatic N) is 4. The van der Waals surface area contributed by atoms with E-state index in [9.17, 15) is 0 Å². The first-order chi connectivity index (χ1) is 9.63. The lowest BCUT2D eigenvalue weighted by Crippen LogP contribution is -2.00. The predicted octanol–water partition coefficient (Wildman–Crippen LogP) is 2.57. The van der Waals surface area contributed by atoms with Crippen LogP contribution in [-0.4, -0.2) is 19.6 Å². The van der Waals surface area contributed by atoms with Gasteiger partial charge in [0, 0.05) is 30.0 Å². The van der Waals surface area contributed by atoms with Crippen LogP contribution in [-0.2, 0) is 13.6 Å². The van der Waals surface area contributed by atoms with Gasteiger partial charge in [0.05, 0.1) is 18.4 Å². The number of aromatic nitrogens is 4. The quantitative estimate of drug-likeness (QED) is 0.805. The van der Waals surface area contributed by atoms with Gasteiger partial charge in [-0.25, -0.2) is 0 Å². The zero-order chi connectivity index (χ0) is 14.1. The molecule has 0 saturated heterocycles. The molecule has 2 heterocycles. The molecule has 0 aliphatic carbocycles. The van der Waals surface area contributed by atoms with Gasteiger partial charge in [-0.2, -0.15) is 10.2 Å². The monoisotopic (exact) mass is 287 g/mol. The maximum absolute atomic E-state index is 6.16. The molecule has 3 aromatic rings. The number of aryl methyl sites for hydroxylation is 1. The lowest BCUT2D eigenvalue weighted by atomic mass is 10.2. The third kappa shape index (κ3) is 2.40. The van der Waals surface area contributed by atoms with Gasteiger partial charge in [0.1, 0.15) is 5.69 Å². The summed E-state index contributed by atoms with van der Waals surface area (Å²) >= 11 is 6.16.